The maximum atomic E-state index is 12.3. The molecule has 106 heavy (non-hydrogen) atoms. The third-order valence-electron chi connectivity index (χ3n) is 16.9. The average molecular weight is 1540 g/mol. The monoisotopic (exact) mass is 1540 g/mol. The van der Waals surface area contributed by atoms with Crippen molar-refractivity contribution >= 4 is 130 Å². The number of anilines is 9. The molecule has 0 spiro atoms. The lowest BCUT2D eigenvalue weighted by Crippen LogP contribution is -2.39. The van der Waals surface area contributed by atoms with E-state index in [1.165, 1.54) is 68.7 Å². The molecule has 0 bridgehead atoms. The van der Waals surface area contributed by atoms with Crippen LogP contribution in [0.2, 0.25) is 5.02 Å². The summed E-state index contributed by atoms with van der Waals surface area (Å²) in [5, 5.41) is 53.0. The molecule has 6 aliphatic rings. The van der Waals surface area contributed by atoms with Crippen LogP contribution < -0.4 is 47.7 Å². The SMILES string of the molecule is C#Cc1cnc(C2=CCN(C(=O)OC(C)(C)C)CC2)nc1Nc1cc(C2CC2)[nH]n1.C#Cc1cnc(C2=CCNCC2)nc1Nc1cc(C2CC2)[nH]n1.NNS(=O)(=O)c1ccc(-c2ncc(Cl)c(Nc3cc(C4CC4)[nH]n3)n2)s1.NS(=O)(=O)c1ccc(-c2ncc(NC=O)c(Nc3cc(C4CC4)[nH]n3)n2)s1.[HH].[HH].[HH].[HH]. The van der Waals surface area contributed by atoms with Gasteiger partial charge in [-0.1, -0.05) is 35.6 Å². The van der Waals surface area contributed by atoms with Gasteiger partial charge in [-0.25, -0.2) is 66.6 Å². The number of carbonyl (C=O) groups is 2. The summed E-state index contributed by atoms with van der Waals surface area (Å²) in [5.74, 6) is 19.1. The minimum atomic E-state index is -3.79. The molecule has 16 rings (SSSR count). The number of nitrogens with two attached hydrogens (primary N) is 2. The molecule has 2 amide bonds. The number of hydrogen-bond acceptors (Lipinski definition) is 27. The summed E-state index contributed by atoms with van der Waals surface area (Å²) in [5.41, 5.74) is 7.62. The summed E-state index contributed by atoms with van der Waals surface area (Å²) in [6.45, 7) is 8.38. The Balaban J connectivity index is 0.000000167. The van der Waals surface area contributed by atoms with E-state index in [2.05, 4.69) is 130 Å². The van der Waals surface area contributed by atoms with Gasteiger partial charge in [0.25, 0.3) is 10.0 Å². The van der Waals surface area contributed by atoms with Crippen LogP contribution in [0.3, 0.4) is 0 Å². The van der Waals surface area contributed by atoms with Gasteiger partial charge in [0.2, 0.25) is 16.4 Å². The van der Waals surface area contributed by atoms with Gasteiger partial charge in [0, 0.05) is 108 Å². The number of rotatable bonds is 21. The standard InChI is InChI=1S/C22H26N6O2.C17H18N6.C15H15N7O3S2.C14H14ClN7O2S2.4H2/c1-5-14-13-23-19(16-8-10-28(11-9-16)21(29)30-22(2,3)4)25-20(14)24-18-12-17(26-27-18)15-6-7-15;1-2-11-10-19-16(13-5-7-18-8-6-13)21-17(11)20-15-9-14(22-23-15)12-3-4-12;16-27(24,25)13-4-3-11(26-13)15-17-6-10(18-7-23)14(20-15)19-12-5-9(21-22-12)8-1-2-8;15-8-6-17-14(10-3-4-12(25-10)26(23,24)22-16)19-13(8)18-11-5-9(20-21-11)7-1-2-7;;;;/h1,8,12-13,15H,6-7,9-11H2,2-4H3,(H2,23,24,25,26,27);1,5,9-10,12,18H,3-4,6-8H2,(H2,19,20,21,22,23);3-8H,1-2H2,(H,18,23)(H2,16,24,25)(H2,17,19,20,21,22);3-7,22H,1-2,16H2,(H2,17,18,19,20,21);4*1H. The quantitative estimate of drug-likeness (QED) is 0.0137. The van der Waals surface area contributed by atoms with E-state index in [-0.39, 0.29) is 20.2 Å². The van der Waals surface area contributed by atoms with Crippen LogP contribution in [0, 0.1) is 24.7 Å². The molecule has 12 heterocycles. The predicted octanol–water partition coefficient (Wildman–Crippen LogP) is 11.1. The summed E-state index contributed by atoms with van der Waals surface area (Å²) in [6.07, 6.45) is 32.8. The summed E-state index contributed by atoms with van der Waals surface area (Å²) < 4.78 is 52.0. The Morgan fingerprint density at radius 3 is 1.50 bits per heavy atom. The zero-order chi connectivity index (χ0) is 74.3. The summed E-state index contributed by atoms with van der Waals surface area (Å²) in [4.78, 5) is 62.9. The molecule has 0 radical (unpaired) electrons. The average Bonchev–Trinajstić information content (AvgIpc) is 1.57. The van der Waals surface area contributed by atoms with Crippen molar-refractivity contribution in [3.63, 3.8) is 0 Å². The van der Waals surface area contributed by atoms with Crippen molar-refractivity contribution in [3.05, 3.63) is 136 Å². The molecule has 4 saturated carbocycles. The zero-order valence-electron chi connectivity index (χ0n) is 57.4. The lowest BCUT2D eigenvalue weighted by molar-refractivity contribution is -0.105. The molecule has 15 N–H and O–H groups in total. The first-order valence-electron chi connectivity index (χ1n) is 33.6. The van der Waals surface area contributed by atoms with Crippen LogP contribution in [0.1, 0.15) is 160 Å². The molecule has 10 aromatic heterocycles. The highest BCUT2D eigenvalue weighted by Gasteiger charge is 2.31. The topological polar surface area (TPSA) is 469 Å². The second kappa shape index (κ2) is 31.8. The molecule has 0 saturated heterocycles. The number of halogens is 1. The van der Waals surface area contributed by atoms with E-state index < -0.39 is 25.6 Å². The molecule has 4 aliphatic carbocycles. The lowest BCUT2D eigenvalue weighted by atomic mass is 10.1. The molecular weight excluding hydrogens is 1460 g/mol. The number of aromatic nitrogens is 16. The Bertz CT molecular complexity index is 5300. The summed E-state index contributed by atoms with van der Waals surface area (Å²) in [7, 11) is -7.51. The number of hydrogen-bond donors (Lipinski definition) is 13. The Kier molecular flexibility index (Phi) is 22.1. The molecule has 38 heteroatoms. The lowest BCUT2D eigenvalue weighted by Gasteiger charge is -2.29. The number of hydrazine groups is 1. The molecule has 556 valence electrons. The van der Waals surface area contributed by atoms with Crippen molar-refractivity contribution in [3.8, 4) is 46.1 Å². The molecule has 0 aromatic carbocycles. The van der Waals surface area contributed by atoms with Crippen LogP contribution >= 0.6 is 34.3 Å². The van der Waals surface area contributed by atoms with Gasteiger partial charge in [0.15, 0.2) is 69.8 Å². The number of carbonyl (C=O) groups excluding carboxylic acids is 2. The van der Waals surface area contributed by atoms with Gasteiger partial charge in [-0.05, 0) is 127 Å². The number of thiophene rings is 2. The van der Waals surface area contributed by atoms with Crippen molar-refractivity contribution in [2.45, 2.75) is 123 Å². The molecule has 33 nitrogen and oxygen atoms in total. The van der Waals surface area contributed by atoms with Gasteiger partial charge in [-0.3, -0.25) is 31.0 Å². The second-order valence-electron chi connectivity index (χ2n) is 26.2. The first-order valence-corrected chi connectivity index (χ1v) is 38.7. The highest BCUT2D eigenvalue weighted by Crippen LogP contribution is 2.43. The molecule has 0 atom stereocenters. The molecule has 10 aromatic rings. The fourth-order valence-corrected chi connectivity index (χ4v) is 14.4. The second-order valence-corrected chi connectivity index (χ2v) is 32.5. The van der Waals surface area contributed by atoms with Crippen LogP contribution in [0.5, 0.6) is 0 Å². The van der Waals surface area contributed by atoms with Crippen LogP contribution in [0.25, 0.3) is 32.5 Å². The van der Waals surface area contributed by atoms with Gasteiger partial charge >= 0.3 is 6.09 Å². The minimum absolute atomic E-state index is 0. The van der Waals surface area contributed by atoms with Crippen molar-refractivity contribution in [1.29, 1.82) is 0 Å². The molecule has 2 aliphatic heterocycles. The third kappa shape index (κ3) is 19.0. The van der Waals surface area contributed by atoms with E-state index in [9.17, 15) is 26.4 Å². The Morgan fingerprint density at radius 2 is 1.08 bits per heavy atom. The van der Waals surface area contributed by atoms with Gasteiger partial charge in [-0.15, -0.1) is 40.4 Å². The molecule has 0 unspecified atom stereocenters. The normalized spacial score (nSPS) is 15.6. The number of amides is 2. The van der Waals surface area contributed by atoms with E-state index in [1.807, 2.05) is 51.1 Å². The highest BCUT2D eigenvalue weighted by molar-refractivity contribution is 7.91. The first-order chi connectivity index (χ1) is 51.0. The molecular formula is C68H81ClN26O7S4. The van der Waals surface area contributed by atoms with Crippen LogP contribution in [0.4, 0.5) is 57.0 Å². The first kappa shape index (κ1) is 73.4. The number of primary sulfonamides is 1. The van der Waals surface area contributed by atoms with Crippen LogP contribution in [0.15, 0.2) is 93.9 Å². The fourth-order valence-electron chi connectivity index (χ4n) is 10.7. The van der Waals surface area contributed by atoms with E-state index in [0.717, 1.165) is 94.9 Å². The van der Waals surface area contributed by atoms with E-state index in [0.29, 0.717) is 139 Å². The number of nitrogens with one attached hydrogen (secondary N) is 11. The number of sulfonamides is 2. The Hall–Kier alpha value is -10.9. The van der Waals surface area contributed by atoms with Crippen molar-refractivity contribution in [2.75, 3.05) is 52.8 Å². The van der Waals surface area contributed by atoms with Crippen molar-refractivity contribution < 1.29 is 36.9 Å². The van der Waals surface area contributed by atoms with Gasteiger partial charge in [0.05, 0.1) is 33.3 Å². The van der Waals surface area contributed by atoms with Crippen LogP contribution in [-0.2, 0) is 29.6 Å². The summed E-state index contributed by atoms with van der Waals surface area (Å²) in [6, 6.07) is 13.9. The number of ether oxygens (including phenoxy) is 1. The van der Waals surface area contributed by atoms with Crippen LogP contribution in [-0.4, -0.2) is 147 Å². The van der Waals surface area contributed by atoms with Gasteiger partial charge in [0.1, 0.15) is 24.7 Å². The number of H-pyrrole nitrogens is 4. The van der Waals surface area contributed by atoms with Gasteiger partial charge < -0.3 is 41.5 Å². The van der Waals surface area contributed by atoms with Gasteiger partial charge in [-0.2, -0.15) is 20.4 Å². The predicted molar refractivity (Wildman–Crippen MR) is 411 cm³/mol. The third-order valence-corrected chi connectivity index (χ3v) is 22.4. The van der Waals surface area contributed by atoms with E-state index in [1.54, 1.807) is 34.3 Å². The maximum Gasteiger partial charge on any atom is 0.410 e. The number of aromatic amines is 4. The maximum absolute atomic E-state index is 12.3. The number of nitrogens with zero attached hydrogens (tertiary/aromatic N) is 13. The largest absolute Gasteiger partial charge is 0.444 e. The molecule has 4 fully saturated rings. The van der Waals surface area contributed by atoms with E-state index in [4.69, 9.17) is 40.2 Å². The smallest absolute Gasteiger partial charge is 0.410 e. The zero-order valence-corrected chi connectivity index (χ0v) is 61.4. The van der Waals surface area contributed by atoms with E-state index >= 15 is 0 Å². The Morgan fingerprint density at radius 1 is 0.632 bits per heavy atom. The van der Waals surface area contributed by atoms with Crippen molar-refractivity contribution in [2.24, 2.45) is 11.0 Å². The minimum Gasteiger partial charge on any atom is -0.444 e. The fraction of sp³-hybridized carbons (Fsp3) is 0.324. The highest BCUT2D eigenvalue weighted by atomic mass is 35.5. The van der Waals surface area contributed by atoms with Crippen molar-refractivity contribution in [1.82, 2.24) is 95.7 Å². The Labute approximate surface area is 627 Å². The summed E-state index contributed by atoms with van der Waals surface area (Å²) >= 11 is 8.14. The number of terminal acetylenes is 2.